The summed E-state index contributed by atoms with van der Waals surface area (Å²) >= 11 is 0. The molecule has 0 radical (unpaired) electrons. The number of amidine groups is 1. The minimum Gasteiger partial charge on any atom is -0.634 e. The number of ether oxygens (including phenoxy) is 1. The number of aliphatic imine (C=N–C) groups is 1. The monoisotopic (exact) mass is 331 g/mol. The van der Waals surface area contributed by atoms with Crippen LogP contribution in [0.1, 0.15) is 25.5 Å². The standard InChI is InChI=1S/C16H21N5O3/c1-3-11-6-7-21(22)9-16(11)8-17-14(24-16)20-15-19-12-5-4-10(2)18-13(12)23-15/h4-5,11,21H,3,6-9H2,1-2H3,(H,17,19,20)/t11?,16-/m0/s1. The lowest BCUT2D eigenvalue weighted by Gasteiger charge is -2.43. The molecule has 1 saturated heterocycles. The first-order valence-electron chi connectivity index (χ1n) is 8.34. The highest BCUT2D eigenvalue weighted by molar-refractivity contribution is 5.89. The Bertz CT molecular complexity index is 789. The zero-order valence-electron chi connectivity index (χ0n) is 13.8. The fourth-order valence-electron chi connectivity index (χ4n) is 3.63. The average molecular weight is 331 g/mol. The smallest absolute Gasteiger partial charge is 0.305 e. The first-order chi connectivity index (χ1) is 11.6. The van der Waals surface area contributed by atoms with Gasteiger partial charge in [-0.15, -0.1) is 0 Å². The summed E-state index contributed by atoms with van der Waals surface area (Å²) in [5.74, 6) is 0.339. The summed E-state index contributed by atoms with van der Waals surface area (Å²) in [5.41, 5.74) is 1.51. The molecular formula is C16H21N5O3. The highest BCUT2D eigenvalue weighted by Gasteiger charge is 2.49. The summed E-state index contributed by atoms with van der Waals surface area (Å²) in [6, 6.07) is 4.41. The molecule has 24 heavy (non-hydrogen) atoms. The van der Waals surface area contributed by atoms with E-state index in [0.29, 0.717) is 48.8 Å². The summed E-state index contributed by atoms with van der Waals surface area (Å²) in [6.45, 7) is 5.59. The number of hydroxylamine groups is 2. The molecule has 128 valence electrons. The van der Waals surface area contributed by atoms with Crippen LogP contribution in [0.3, 0.4) is 0 Å². The van der Waals surface area contributed by atoms with Crippen molar-refractivity contribution < 1.29 is 14.2 Å². The van der Waals surface area contributed by atoms with Crippen molar-refractivity contribution in [3.63, 3.8) is 0 Å². The van der Waals surface area contributed by atoms with Gasteiger partial charge in [-0.2, -0.15) is 4.98 Å². The second-order valence-corrected chi connectivity index (χ2v) is 6.57. The Balaban J connectivity index is 1.51. The van der Waals surface area contributed by atoms with Crippen LogP contribution < -0.4 is 10.4 Å². The summed E-state index contributed by atoms with van der Waals surface area (Å²) in [7, 11) is 0. The fraction of sp³-hybridized carbons (Fsp3) is 0.562. The van der Waals surface area contributed by atoms with Crippen molar-refractivity contribution in [1.82, 2.24) is 9.97 Å². The maximum absolute atomic E-state index is 11.9. The van der Waals surface area contributed by atoms with E-state index < -0.39 is 5.60 Å². The minimum absolute atomic E-state index is 0.248. The first-order valence-corrected chi connectivity index (χ1v) is 8.34. The Labute approximate surface area is 139 Å². The van der Waals surface area contributed by atoms with Crippen LogP contribution in [0.2, 0.25) is 0 Å². The molecule has 0 amide bonds. The number of pyridine rings is 1. The third kappa shape index (κ3) is 2.61. The molecule has 1 fully saturated rings. The van der Waals surface area contributed by atoms with Crippen molar-refractivity contribution in [2.45, 2.75) is 32.3 Å². The molecular weight excluding hydrogens is 310 g/mol. The molecule has 4 rings (SSSR count). The number of anilines is 1. The first kappa shape index (κ1) is 15.3. The van der Waals surface area contributed by atoms with Gasteiger partial charge in [0, 0.05) is 18.0 Å². The lowest BCUT2D eigenvalue weighted by Crippen LogP contribution is -3.11. The fourth-order valence-corrected chi connectivity index (χ4v) is 3.63. The zero-order chi connectivity index (χ0) is 16.7. The van der Waals surface area contributed by atoms with E-state index in [-0.39, 0.29) is 5.06 Å². The maximum atomic E-state index is 11.9. The van der Waals surface area contributed by atoms with Crippen molar-refractivity contribution in [2.75, 3.05) is 25.0 Å². The molecule has 2 N–H and O–H groups in total. The molecule has 2 aromatic heterocycles. The Morgan fingerprint density at radius 3 is 3.12 bits per heavy atom. The van der Waals surface area contributed by atoms with Crippen LogP contribution in [0, 0.1) is 18.0 Å². The molecule has 8 heteroatoms. The van der Waals surface area contributed by atoms with Gasteiger partial charge in [0.2, 0.25) is 5.71 Å². The SMILES string of the molecule is CCC1CC[NH+]([O-])C[C@@]12CN=C(Nc1nc3ccc(C)nc3o1)O2. The molecule has 3 atom stereocenters. The molecule has 0 aromatic carbocycles. The van der Waals surface area contributed by atoms with Gasteiger partial charge in [0.25, 0.3) is 6.02 Å². The van der Waals surface area contributed by atoms with E-state index >= 15 is 0 Å². The number of aromatic nitrogens is 2. The third-order valence-corrected chi connectivity index (χ3v) is 4.90. The quantitative estimate of drug-likeness (QED) is 0.793. The van der Waals surface area contributed by atoms with Crippen LogP contribution in [0.5, 0.6) is 0 Å². The largest absolute Gasteiger partial charge is 0.634 e. The molecule has 2 unspecified atom stereocenters. The number of piperidine rings is 1. The van der Waals surface area contributed by atoms with Gasteiger partial charge < -0.3 is 19.4 Å². The van der Waals surface area contributed by atoms with E-state index in [1.165, 1.54) is 0 Å². The van der Waals surface area contributed by atoms with Crippen LogP contribution >= 0.6 is 0 Å². The van der Waals surface area contributed by atoms with Crippen molar-refractivity contribution in [2.24, 2.45) is 10.9 Å². The van der Waals surface area contributed by atoms with Crippen molar-refractivity contribution in [1.29, 1.82) is 0 Å². The molecule has 8 nitrogen and oxygen atoms in total. The number of rotatable bonds is 2. The van der Waals surface area contributed by atoms with E-state index in [2.05, 4.69) is 27.2 Å². The Morgan fingerprint density at radius 2 is 2.29 bits per heavy atom. The minimum atomic E-state index is -0.507. The van der Waals surface area contributed by atoms with E-state index in [0.717, 1.165) is 18.5 Å². The summed E-state index contributed by atoms with van der Waals surface area (Å²) in [4.78, 5) is 13.1. The van der Waals surface area contributed by atoms with Crippen LogP contribution in [-0.4, -0.2) is 41.2 Å². The van der Waals surface area contributed by atoms with Crippen molar-refractivity contribution in [3.8, 4) is 0 Å². The molecule has 0 saturated carbocycles. The van der Waals surface area contributed by atoms with Gasteiger partial charge in [-0.3, -0.25) is 5.32 Å². The zero-order valence-corrected chi connectivity index (χ0v) is 13.8. The Hall–Kier alpha value is -2.19. The van der Waals surface area contributed by atoms with Crippen molar-refractivity contribution in [3.05, 3.63) is 23.0 Å². The van der Waals surface area contributed by atoms with E-state index in [1.807, 2.05) is 19.1 Å². The number of hydrogen-bond acceptors (Lipinski definition) is 7. The number of aryl methyl sites for hydroxylation is 1. The van der Waals surface area contributed by atoms with Crippen molar-refractivity contribution >= 4 is 23.3 Å². The Kier molecular flexibility index (Phi) is 3.65. The van der Waals surface area contributed by atoms with Crippen LogP contribution in [-0.2, 0) is 4.74 Å². The lowest BCUT2D eigenvalue weighted by atomic mass is 9.80. The topological polar surface area (TPSA) is 100 Å². The molecule has 0 aliphatic carbocycles. The molecule has 2 aliphatic rings. The second-order valence-electron chi connectivity index (χ2n) is 6.57. The van der Waals surface area contributed by atoms with Gasteiger partial charge in [-0.1, -0.05) is 6.92 Å². The number of fused-ring (bicyclic) bond motifs is 1. The van der Waals surface area contributed by atoms with Gasteiger partial charge >= 0.3 is 6.01 Å². The normalized spacial score (nSPS) is 29.7. The average Bonchev–Trinajstić information content (AvgIpc) is 3.11. The third-order valence-electron chi connectivity index (χ3n) is 4.90. The predicted molar refractivity (Wildman–Crippen MR) is 88.7 cm³/mol. The van der Waals surface area contributed by atoms with Gasteiger partial charge in [0.15, 0.2) is 5.60 Å². The lowest BCUT2D eigenvalue weighted by molar-refractivity contribution is -0.863. The maximum Gasteiger partial charge on any atom is 0.305 e. The molecule has 1 spiro atoms. The number of nitrogens with one attached hydrogen (secondary N) is 2. The highest BCUT2D eigenvalue weighted by atomic mass is 16.5. The summed E-state index contributed by atoms with van der Waals surface area (Å²) in [6.07, 6.45) is 1.84. The highest BCUT2D eigenvalue weighted by Crippen LogP contribution is 2.33. The van der Waals surface area contributed by atoms with Gasteiger partial charge in [-0.25, -0.2) is 9.98 Å². The number of hydrogen-bond donors (Lipinski definition) is 2. The van der Waals surface area contributed by atoms with Gasteiger partial charge in [0.05, 0.1) is 13.1 Å². The molecule has 0 bridgehead atoms. The van der Waals surface area contributed by atoms with Gasteiger partial charge in [0.1, 0.15) is 12.1 Å². The predicted octanol–water partition coefficient (Wildman–Crippen LogP) is 0.881. The molecule has 2 aliphatic heterocycles. The van der Waals surface area contributed by atoms with E-state index in [9.17, 15) is 5.21 Å². The molecule has 2 aromatic rings. The number of nitrogens with zero attached hydrogens (tertiary/aromatic N) is 3. The van der Waals surface area contributed by atoms with E-state index in [4.69, 9.17) is 9.15 Å². The summed E-state index contributed by atoms with van der Waals surface area (Å²) in [5, 5.41) is 15.1. The van der Waals surface area contributed by atoms with Crippen LogP contribution in [0.15, 0.2) is 21.5 Å². The second kappa shape index (κ2) is 5.71. The van der Waals surface area contributed by atoms with Crippen LogP contribution in [0.4, 0.5) is 6.01 Å². The van der Waals surface area contributed by atoms with Gasteiger partial charge in [-0.05, 0) is 25.5 Å². The van der Waals surface area contributed by atoms with Crippen LogP contribution in [0.25, 0.3) is 11.2 Å². The number of oxazole rings is 1. The number of quaternary nitrogens is 1. The Morgan fingerprint density at radius 1 is 1.42 bits per heavy atom. The molecule has 4 heterocycles. The van der Waals surface area contributed by atoms with E-state index in [1.54, 1.807) is 0 Å². The summed E-state index contributed by atoms with van der Waals surface area (Å²) < 4.78 is 11.7.